The molecule has 112 valence electrons. The number of benzene rings is 2. The maximum atomic E-state index is 10.9. The van der Waals surface area contributed by atoms with E-state index in [2.05, 4.69) is 6.07 Å². The molecule has 0 atom stereocenters. The molecular formula is C19H14N2O2. The number of rotatable bonds is 3. The number of carboxylic acids is 1. The summed E-state index contributed by atoms with van der Waals surface area (Å²) in [6.07, 6.45) is 3.81. The van der Waals surface area contributed by atoms with Crippen LogP contribution in [0.3, 0.4) is 0 Å². The van der Waals surface area contributed by atoms with E-state index in [1.807, 2.05) is 48.2 Å². The van der Waals surface area contributed by atoms with Crippen molar-refractivity contribution in [3.63, 3.8) is 0 Å². The summed E-state index contributed by atoms with van der Waals surface area (Å²) < 4.78 is 2.02. The minimum Gasteiger partial charge on any atom is -0.478 e. The number of hydrogen-bond acceptors (Lipinski definition) is 2. The number of aromatic carboxylic acids is 1. The van der Waals surface area contributed by atoms with Gasteiger partial charge in [0, 0.05) is 29.7 Å². The number of aryl methyl sites for hydroxylation is 1. The number of carbonyl (C=O) groups is 1. The number of nitriles is 1. The van der Waals surface area contributed by atoms with Gasteiger partial charge in [-0.15, -0.1) is 0 Å². The molecule has 3 rings (SSSR count). The van der Waals surface area contributed by atoms with Gasteiger partial charge in [-0.1, -0.05) is 30.3 Å². The Hall–Kier alpha value is -3.32. The third-order valence-electron chi connectivity index (χ3n) is 3.79. The number of hydrogen-bond donors (Lipinski definition) is 1. The van der Waals surface area contributed by atoms with Gasteiger partial charge in [-0.3, -0.25) is 0 Å². The summed E-state index contributed by atoms with van der Waals surface area (Å²) in [5.74, 6) is -0.979. The number of carboxylic acid groups (broad SMARTS) is 1. The summed E-state index contributed by atoms with van der Waals surface area (Å²) in [5.41, 5.74) is 3.46. The lowest BCUT2D eigenvalue weighted by Crippen LogP contribution is -1.95. The molecule has 23 heavy (non-hydrogen) atoms. The van der Waals surface area contributed by atoms with Crippen LogP contribution in [-0.4, -0.2) is 15.6 Å². The standard InChI is InChI=1S/C19H14N2O2/c1-21-12-16(17-4-2-3-5-18(17)21)10-15(11-20)13-6-8-14(9-7-13)19(22)23/h2-10,12H,1H3,(H,22,23). The molecule has 1 heterocycles. The molecule has 1 N–H and O–H groups in total. The molecule has 0 aliphatic carbocycles. The van der Waals surface area contributed by atoms with Gasteiger partial charge in [0.1, 0.15) is 0 Å². The summed E-state index contributed by atoms with van der Waals surface area (Å²) >= 11 is 0. The highest BCUT2D eigenvalue weighted by molar-refractivity contribution is 5.98. The summed E-state index contributed by atoms with van der Waals surface area (Å²) in [6.45, 7) is 0. The Morgan fingerprint density at radius 3 is 2.43 bits per heavy atom. The average Bonchev–Trinajstić information content (AvgIpc) is 2.89. The normalized spacial score (nSPS) is 11.4. The first kappa shape index (κ1) is 14.6. The molecule has 0 radical (unpaired) electrons. The summed E-state index contributed by atoms with van der Waals surface area (Å²) in [7, 11) is 1.97. The third kappa shape index (κ3) is 2.72. The van der Waals surface area contributed by atoms with E-state index in [0.29, 0.717) is 11.1 Å². The van der Waals surface area contributed by atoms with Gasteiger partial charge in [-0.05, 0) is 29.8 Å². The van der Waals surface area contributed by atoms with Gasteiger partial charge < -0.3 is 9.67 Å². The summed E-state index contributed by atoms with van der Waals surface area (Å²) in [6, 6.07) is 16.5. The van der Waals surface area contributed by atoms with E-state index in [9.17, 15) is 10.1 Å². The van der Waals surface area contributed by atoms with E-state index in [-0.39, 0.29) is 5.56 Å². The third-order valence-corrected chi connectivity index (χ3v) is 3.79. The van der Waals surface area contributed by atoms with Gasteiger partial charge in [0.15, 0.2) is 0 Å². The molecule has 0 bridgehead atoms. The van der Waals surface area contributed by atoms with Crippen LogP contribution in [0.4, 0.5) is 0 Å². The Balaban J connectivity index is 2.08. The molecule has 4 nitrogen and oxygen atoms in total. The summed E-state index contributed by atoms with van der Waals surface area (Å²) in [4.78, 5) is 10.9. The zero-order valence-electron chi connectivity index (χ0n) is 12.5. The maximum Gasteiger partial charge on any atom is 0.335 e. The first-order valence-corrected chi connectivity index (χ1v) is 7.10. The molecule has 0 unspecified atom stereocenters. The quantitative estimate of drug-likeness (QED) is 0.745. The van der Waals surface area contributed by atoms with Crippen molar-refractivity contribution in [3.8, 4) is 6.07 Å². The van der Waals surface area contributed by atoms with Gasteiger partial charge in [0.2, 0.25) is 0 Å². The molecule has 0 aliphatic heterocycles. The molecule has 0 saturated heterocycles. The van der Waals surface area contributed by atoms with Crippen LogP contribution in [0, 0.1) is 11.3 Å². The molecule has 0 aliphatic rings. The molecule has 0 saturated carbocycles. The lowest BCUT2D eigenvalue weighted by Gasteiger charge is -2.00. The second kappa shape index (κ2) is 5.82. The second-order valence-corrected chi connectivity index (χ2v) is 5.26. The van der Waals surface area contributed by atoms with Crippen LogP contribution in [0.25, 0.3) is 22.6 Å². The maximum absolute atomic E-state index is 10.9. The Kier molecular flexibility index (Phi) is 3.70. The highest BCUT2D eigenvalue weighted by atomic mass is 16.4. The fraction of sp³-hybridized carbons (Fsp3) is 0.0526. The van der Waals surface area contributed by atoms with Crippen LogP contribution >= 0.6 is 0 Å². The van der Waals surface area contributed by atoms with Crippen molar-refractivity contribution < 1.29 is 9.90 Å². The lowest BCUT2D eigenvalue weighted by atomic mass is 10.0. The molecule has 3 aromatic rings. The van der Waals surface area contributed by atoms with Crippen LogP contribution in [0.2, 0.25) is 0 Å². The van der Waals surface area contributed by atoms with Crippen molar-refractivity contribution in [1.29, 1.82) is 5.26 Å². The monoisotopic (exact) mass is 302 g/mol. The van der Waals surface area contributed by atoms with E-state index >= 15 is 0 Å². The molecule has 1 aromatic heterocycles. The van der Waals surface area contributed by atoms with Crippen molar-refractivity contribution in [2.45, 2.75) is 0 Å². The number of fused-ring (bicyclic) bond motifs is 1. The van der Waals surface area contributed by atoms with Crippen molar-refractivity contribution in [3.05, 3.63) is 71.4 Å². The zero-order valence-corrected chi connectivity index (χ0v) is 12.5. The molecule has 4 heteroatoms. The Morgan fingerprint density at radius 2 is 1.78 bits per heavy atom. The fourth-order valence-corrected chi connectivity index (χ4v) is 2.62. The highest BCUT2D eigenvalue weighted by Crippen LogP contribution is 2.25. The number of para-hydroxylation sites is 1. The van der Waals surface area contributed by atoms with Crippen LogP contribution in [0.15, 0.2) is 54.7 Å². The van der Waals surface area contributed by atoms with Crippen molar-refractivity contribution >= 4 is 28.5 Å². The minimum absolute atomic E-state index is 0.205. The van der Waals surface area contributed by atoms with Crippen molar-refractivity contribution in [2.75, 3.05) is 0 Å². The molecule has 2 aromatic carbocycles. The van der Waals surface area contributed by atoms with Crippen molar-refractivity contribution in [1.82, 2.24) is 4.57 Å². The Morgan fingerprint density at radius 1 is 1.13 bits per heavy atom. The summed E-state index contributed by atoms with van der Waals surface area (Å²) in [5, 5.41) is 19.5. The number of aromatic nitrogens is 1. The molecule has 0 spiro atoms. The molecular weight excluding hydrogens is 288 g/mol. The van der Waals surface area contributed by atoms with E-state index in [1.165, 1.54) is 12.1 Å². The van der Waals surface area contributed by atoms with E-state index < -0.39 is 5.97 Å². The van der Waals surface area contributed by atoms with Crippen molar-refractivity contribution in [2.24, 2.45) is 7.05 Å². The smallest absolute Gasteiger partial charge is 0.335 e. The van der Waals surface area contributed by atoms with Gasteiger partial charge in [0.05, 0.1) is 17.2 Å². The molecule has 0 fully saturated rings. The predicted molar refractivity (Wildman–Crippen MR) is 89.8 cm³/mol. The van der Waals surface area contributed by atoms with Gasteiger partial charge in [-0.25, -0.2) is 4.79 Å². The Bertz CT molecular complexity index is 957. The first-order chi connectivity index (χ1) is 11.1. The van der Waals surface area contributed by atoms with Crippen LogP contribution in [0.5, 0.6) is 0 Å². The predicted octanol–water partition coefficient (Wildman–Crippen LogP) is 3.94. The van der Waals surface area contributed by atoms with Crippen LogP contribution in [0.1, 0.15) is 21.5 Å². The SMILES string of the molecule is Cn1cc(C=C(C#N)c2ccc(C(=O)O)cc2)c2ccccc21. The zero-order chi connectivity index (χ0) is 16.4. The van der Waals surface area contributed by atoms with E-state index in [4.69, 9.17) is 5.11 Å². The van der Waals surface area contributed by atoms with Gasteiger partial charge in [-0.2, -0.15) is 5.26 Å². The van der Waals surface area contributed by atoms with E-state index in [0.717, 1.165) is 16.5 Å². The number of allylic oxidation sites excluding steroid dienone is 1. The Labute approximate surface area is 133 Å². The topological polar surface area (TPSA) is 66.0 Å². The number of nitrogens with zero attached hydrogens (tertiary/aromatic N) is 2. The van der Waals surface area contributed by atoms with Gasteiger partial charge in [0.25, 0.3) is 0 Å². The largest absolute Gasteiger partial charge is 0.478 e. The molecule has 0 amide bonds. The fourth-order valence-electron chi connectivity index (χ4n) is 2.62. The lowest BCUT2D eigenvalue weighted by molar-refractivity contribution is 0.0697. The van der Waals surface area contributed by atoms with Gasteiger partial charge >= 0.3 is 5.97 Å². The van der Waals surface area contributed by atoms with Crippen LogP contribution in [-0.2, 0) is 7.05 Å². The van der Waals surface area contributed by atoms with E-state index in [1.54, 1.807) is 12.1 Å². The first-order valence-electron chi connectivity index (χ1n) is 7.10. The second-order valence-electron chi connectivity index (χ2n) is 5.26. The average molecular weight is 302 g/mol. The van der Waals surface area contributed by atoms with Crippen LogP contribution < -0.4 is 0 Å². The highest BCUT2D eigenvalue weighted by Gasteiger charge is 2.08. The minimum atomic E-state index is -0.979.